The molecule has 0 radical (unpaired) electrons. The fraction of sp³-hybridized carbons (Fsp3) is 0.545. The summed E-state index contributed by atoms with van der Waals surface area (Å²) in [6, 6.07) is 5.14. The number of aliphatic imine (C=N–C) groups is 2. The zero-order chi connectivity index (χ0) is 23.4. The lowest BCUT2D eigenvalue weighted by Crippen LogP contribution is -2.94. The van der Waals surface area contributed by atoms with Gasteiger partial charge in [0.15, 0.2) is 12.7 Å². The fourth-order valence-corrected chi connectivity index (χ4v) is 2.40. The van der Waals surface area contributed by atoms with E-state index in [2.05, 4.69) is 76.0 Å². The number of carboxylic acids is 2. The first-order valence-electron chi connectivity index (χ1n) is 9.85. The van der Waals surface area contributed by atoms with Crippen molar-refractivity contribution >= 4 is 24.6 Å². The van der Waals surface area contributed by atoms with Crippen LogP contribution < -0.4 is 20.8 Å². The maximum absolute atomic E-state index is 10.3. The van der Waals surface area contributed by atoms with E-state index in [9.17, 15) is 19.8 Å². The summed E-state index contributed by atoms with van der Waals surface area (Å²) < 4.78 is 0. The van der Waals surface area contributed by atoms with Crippen molar-refractivity contribution in [2.45, 2.75) is 77.5 Å². The summed E-state index contributed by atoms with van der Waals surface area (Å²) in [6.45, 7) is 17.5. The molecule has 0 saturated heterocycles. The third-order valence-corrected chi connectivity index (χ3v) is 6.30. The topological polar surface area (TPSA) is 138 Å². The molecule has 0 spiro atoms. The molecule has 1 aromatic rings. The van der Waals surface area contributed by atoms with Gasteiger partial charge in [-0.3, -0.25) is 10.6 Å². The molecule has 4 N–H and O–H groups in total. The van der Waals surface area contributed by atoms with Gasteiger partial charge >= 0.3 is 0 Å². The van der Waals surface area contributed by atoms with Gasteiger partial charge in [-0.25, -0.2) is 9.98 Å². The van der Waals surface area contributed by atoms with E-state index in [0.717, 1.165) is 12.1 Å². The second-order valence-electron chi connectivity index (χ2n) is 9.57. The Morgan fingerprint density at radius 1 is 0.700 bits per heavy atom. The van der Waals surface area contributed by atoms with Crippen LogP contribution in [-0.4, -0.2) is 46.8 Å². The van der Waals surface area contributed by atoms with Crippen LogP contribution in [0.3, 0.4) is 0 Å². The zero-order valence-corrected chi connectivity index (χ0v) is 19.1. The van der Waals surface area contributed by atoms with E-state index in [0.29, 0.717) is 0 Å². The number of benzene rings is 1. The summed E-state index contributed by atoms with van der Waals surface area (Å²) in [5.41, 5.74) is -0.0324. The molecule has 30 heavy (non-hydrogen) atoms. The van der Waals surface area contributed by atoms with E-state index in [-0.39, 0.29) is 33.3 Å². The van der Waals surface area contributed by atoms with Gasteiger partial charge in [0.05, 0.1) is 11.9 Å². The summed E-state index contributed by atoms with van der Waals surface area (Å²) in [7, 11) is 0. The lowest BCUT2D eigenvalue weighted by molar-refractivity contribution is -0.608. The van der Waals surface area contributed by atoms with Crippen LogP contribution in [0.2, 0.25) is 0 Å². The van der Waals surface area contributed by atoms with Crippen molar-refractivity contribution in [1.82, 2.24) is 0 Å². The van der Waals surface area contributed by atoms with Crippen LogP contribution in [-0.2, 0) is 0 Å². The molecule has 1 aromatic carbocycles. The second-order valence-corrected chi connectivity index (χ2v) is 9.57. The van der Waals surface area contributed by atoms with Gasteiger partial charge in [-0.1, -0.05) is 24.3 Å². The highest BCUT2D eigenvalue weighted by Crippen LogP contribution is 2.23. The van der Waals surface area contributed by atoms with E-state index < -0.39 is 11.9 Å². The lowest BCUT2D eigenvalue weighted by Gasteiger charge is -2.27. The molecule has 3 rings (SSSR count). The summed E-state index contributed by atoms with van der Waals surface area (Å²) in [5, 5.41) is 25.0. The molecule has 166 valence electrons. The zero-order valence-electron chi connectivity index (χ0n) is 19.1. The number of carboxylic acid groups (broad SMARTS) is 2. The van der Waals surface area contributed by atoms with Gasteiger partial charge in [0.2, 0.25) is 0 Å². The van der Waals surface area contributed by atoms with Crippen LogP contribution in [0.25, 0.3) is 0 Å². The summed E-state index contributed by atoms with van der Waals surface area (Å²) in [4.78, 5) is 29.3. The number of hydrogen-bond donors (Lipinski definition) is 2. The Labute approximate surface area is 178 Å². The summed E-state index contributed by atoms with van der Waals surface area (Å²) >= 11 is 0. The molecule has 8 nitrogen and oxygen atoms in total. The van der Waals surface area contributed by atoms with Crippen molar-refractivity contribution in [2.75, 3.05) is 0 Å². The summed E-state index contributed by atoms with van der Waals surface area (Å²) in [5.74, 6) is -3.04. The molecule has 0 aromatic heterocycles. The minimum Gasteiger partial charge on any atom is -0.545 e. The smallest absolute Gasteiger partial charge is 0.183 e. The minimum atomic E-state index is -1.52. The Kier molecular flexibility index (Phi) is 7.68. The Morgan fingerprint density at radius 2 is 1.00 bits per heavy atom. The third kappa shape index (κ3) is 5.96. The molecule has 0 fully saturated rings. The Balaban J connectivity index is 0.000000229. The molecule has 2 aliphatic heterocycles. The van der Waals surface area contributed by atoms with Gasteiger partial charge < -0.3 is 19.8 Å². The number of carbonyl (C=O) groups excluding carboxylic acids is 2. The predicted octanol–water partition coefficient (Wildman–Crippen LogP) is -1.29. The van der Waals surface area contributed by atoms with E-state index in [1.54, 1.807) is 0 Å². The molecule has 8 heteroatoms. The quantitative estimate of drug-likeness (QED) is 0.617. The highest BCUT2D eigenvalue weighted by atomic mass is 16.4. The maximum atomic E-state index is 10.3. The molecule has 0 bridgehead atoms. The number of rotatable bonds is 2. The fourth-order valence-electron chi connectivity index (χ4n) is 2.40. The predicted molar refractivity (Wildman–Crippen MR) is 112 cm³/mol. The molecular weight excluding hydrogens is 384 g/mol. The van der Waals surface area contributed by atoms with Crippen molar-refractivity contribution < 1.29 is 30.4 Å². The van der Waals surface area contributed by atoms with Gasteiger partial charge in [0.1, 0.15) is 22.2 Å². The van der Waals surface area contributed by atoms with E-state index in [1.807, 2.05) is 12.7 Å². The normalized spacial score (nSPS) is 21.1. The first-order chi connectivity index (χ1) is 13.5. The van der Waals surface area contributed by atoms with Crippen LogP contribution >= 0.6 is 0 Å². The van der Waals surface area contributed by atoms with Crippen molar-refractivity contribution in [2.24, 2.45) is 9.98 Å². The van der Waals surface area contributed by atoms with E-state index in [1.165, 1.54) is 12.1 Å². The molecular formula is C22H34N4O4. The number of quaternary nitrogens is 2. The van der Waals surface area contributed by atoms with E-state index >= 15 is 0 Å². The maximum Gasteiger partial charge on any atom is 0.183 e. The van der Waals surface area contributed by atoms with Crippen LogP contribution in [0, 0.1) is 0 Å². The Morgan fingerprint density at radius 3 is 1.13 bits per heavy atom. The van der Waals surface area contributed by atoms with Gasteiger partial charge in [-0.15, -0.1) is 0 Å². The largest absolute Gasteiger partial charge is 0.545 e. The summed E-state index contributed by atoms with van der Waals surface area (Å²) in [6.07, 6.45) is 3.83. The Bertz CT molecular complexity index is 770. The number of carbonyl (C=O) groups is 2. The molecule has 0 unspecified atom stereocenters. The highest BCUT2D eigenvalue weighted by Gasteiger charge is 2.44. The lowest BCUT2D eigenvalue weighted by atomic mass is 9.85. The number of hydrogen-bond acceptors (Lipinski definition) is 6. The monoisotopic (exact) mass is 418 g/mol. The molecule has 2 aliphatic rings. The Hall–Kier alpha value is -2.58. The average molecular weight is 419 g/mol. The first-order valence-corrected chi connectivity index (χ1v) is 9.85. The third-order valence-electron chi connectivity index (χ3n) is 6.30. The van der Waals surface area contributed by atoms with Crippen molar-refractivity contribution in [3.8, 4) is 0 Å². The molecule has 0 aliphatic carbocycles. The van der Waals surface area contributed by atoms with Crippen molar-refractivity contribution in [3.63, 3.8) is 0 Å². The van der Waals surface area contributed by atoms with Gasteiger partial charge in [-0.05, 0) is 55.4 Å². The van der Waals surface area contributed by atoms with Crippen molar-refractivity contribution in [1.29, 1.82) is 0 Å². The standard InChI is InChI=1S/C8H6O4.2C7H14N2/c9-7(10)5-3-1-2-4-6(5)8(11)12;2*1-6(2)7(3,4)9-5-8-6/h1-4H,(H,9,10)(H,11,12);2*5H,1-4H3,(H,8,9). The minimum absolute atomic E-state index is 0.104. The number of nitrogens with two attached hydrogens (primary N) is 2. The second kappa shape index (κ2) is 9.06. The number of nitrogens with zero attached hydrogens (tertiary/aromatic N) is 2. The molecule has 0 atom stereocenters. The number of aromatic carboxylic acids is 2. The van der Waals surface area contributed by atoms with Gasteiger partial charge in [-0.2, -0.15) is 0 Å². The van der Waals surface area contributed by atoms with Crippen LogP contribution in [0.4, 0.5) is 0 Å². The van der Waals surface area contributed by atoms with Gasteiger partial charge in [0.25, 0.3) is 0 Å². The molecule has 0 saturated carbocycles. The van der Waals surface area contributed by atoms with Crippen LogP contribution in [0.5, 0.6) is 0 Å². The molecule has 0 amide bonds. The average Bonchev–Trinajstić information content (AvgIpc) is 3.00. The van der Waals surface area contributed by atoms with E-state index in [4.69, 9.17) is 0 Å². The van der Waals surface area contributed by atoms with Crippen LogP contribution in [0.1, 0.15) is 76.1 Å². The first kappa shape index (κ1) is 25.5. The highest BCUT2D eigenvalue weighted by molar-refractivity contribution is 5.99. The van der Waals surface area contributed by atoms with Gasteiger partial charge in [0, 0.05) is 11.1 Å². The SMILES string of the molecule is CC1(C)N=C[NH2+]C1(C)C.CC1(C)N=C[NH2+]C1(C)C.O=C([O-])c1ccccc1C(=O)[O-]. The molecule has 2 heterocycles. The van der Waals surface area contributed by atoms with Crippen LogP contribution in [0.15, 0.2) is 34.3 Å². The van der Waals surface area contributed by atoms with Crippen molar-refractivity contribution in [3.05, 3.63) is 35.4 Å².